The Morgan fingerprint density at radius 2 is 2.06 bits per heavy atom. The number of furan rings is 1. The first-order chi connectivity index (χ1) is 7.81. The summed E-state index contributed by atoms with van der Waals surface area (Å²) in [5, 5.41) is 3.10. The average Bonchev–Trinajstić information content (AvgIpc) is 2.67. The maximum atomic E-state index is 5.42. The van der Waals surface area contributed by atoms with E-state index in [-0.39, 0.29) is 0 Å². The molecule has 0 radical (unpaired) electrons. The molecule has 0 unspecified atom stereocenters. The summed E-state index contributed by atoms with van der Waals surface area (Å²) in [6.07, 6.45) is 5.55. The molecule has 0 aromatic carbocycles. The van der Waals surface area contributed by atoms with Gasteiger partial charge in [-0.15, -0.1) is 13.2 Å². The number of hydrogen-bond donors (Lipinski definition) is 1. The molecule has 0 spiro atoms. The van der Waals surface area contributed by atoms with E-state index in [1.54, 1.807) is 6.26 Å². The zero-order valence-electron chi connectivity index (χ0n) is 9.91. The topological polar surface area (TPSA) is 28.4 Å². The van der Waals surface area contributed by atoms with Crippen LogP contribution in [0.3, 0.4) is 0 Å². The van der Waals surface area contributed by atoms with Gasteiger partial charge in [0.25, 0.3) is 0 Å². The van der Waals surface area contributed by atoms with Crippen LogP contribution in [-0.4, -0.2) is 25.0 Å². The molecule has 3 nitrogen and oxygen atoms in total. The van der Waals surface area contributed by atoms with E-state index in [1.807, 2.05) is 25.3 Å². The van der Waals surface area contributed by atoms with Crippen LogP contribution in [0, 0.1) is 0 Å². The van der Waals surface area contributed by atoms with Gasteiger partial charge in [-0.25, -0.2) is 0 Å². The predicted octanol–water partition coefficient (Wildman–Crippen LogP) is 2.17. The summed E-state index contributed by atoms with van der Waals surface area (Å²) in [6, 6.07) is 2.02. The second-order valence-corrected chi connectivity index (χ2v) is 3.67. The van der Waals surface area contributed by atoms with Crippen LogP contribution in [0.1, 0.15) is 11.3 Å². The van der Waals surface area contributed by atoms with Crippen LogP contribution in [-0.2, 0) is 13.1 Å². The predicted molar refractivity (Wildman–Crippen MR) is 67.1 cm³/mol. The average molecular weight is 220 g/mol. The fourth-order valence-corrected chi connectivity index (χ4v) is 1.63. The fraction of sp³-hybridized carbons (Fsp3) is 0.385. The fourth-order valence-electron chi connectivity index (χ4n) is 1.63. The van der Waals surface area contributed by atoms with Crippen LogP contribution in [0.25, 0.3) is 0 Å². The summed E-state index contributed by atoms with van der Waals surface area (Å²) < 4.78 is 5.42. The molecule has 0 aliphatic heterocycles. The Balaban J connectivity index is 2.63. The number of nitrogens with zero attached hydrogens (tertiary/aromatic N) is 1. The molecule has 3 heteroatoms. The van der Waals surface area contributed by atoms with E-state index in [9.17, 15) is 0 Å². The molecule has 1 rings (SSSR count). The van der Waals surface area contributed by atoms with Gasteiger partial charge < -0.3 is 9.73 Å². The first-order valence-corrected chi connectivity index (χ1v) is 5.45. The Hall–Kier alpha value is -1.32. The van der Waals surface area contributed by atoms with Crippen LogP contribution < -0.4 is 5.32 Å². The van der Waals surface area contributed by atoms with Crippen molar-refractivity contribution < 1.29 is 4.42 Å². The van der Waals surface area contributed by atoms with E-state index in [4.69, 9.17) is 4.42 Å². The van der Waals surface area contributed by atoms with Crippen LogP contribution in [0.5, 0.6) is 0 Å². The van der Waals surface area contributed by atoms with E-state index in [2.05, 4.69) is 23.4 Å². The zero-order chi connectivity index (χ0) is 11.8. The summed E-state index contributed by atoms with van der Waals surface area (Å²) in [7, 11) is 1.91. The smallest absolute Gasteiger partial charge is 0.122 e. The second kappa shape index (κ2) is 7.04. The van der Waals surface area contributed by atoms with E-state index in [1.165, 1.54) is 5.56 Å². The van der Waals surface area contributed by atoms with Gasteiger partial charge in [-0.1, -0.05) is 12.2 Å². The Morgan fingerprint density at radius 3 is 2.62 bits per heavy atom. The van der Waals surface area contributed by atoms with Crippen LogP contribution in [0.15, 0.2) is 42.1 Å². The third-order valence-electron chi connectivity index (χ3n) is 2.34. The molecule has 88 valence electrons. The largest absolute Gasteiger partial charge is 0.468 e. The molecule has 1 heterocycles. The van der Waals surface area contributed by atoms with Crippen molar-refractivity contribution in [2.24, 2.45) is 0 Å². The second-order valence-electron chi connectivity index (χ2n) is 3.67. The van der Waals surface area contributed by atoms with Crippen molar-refractivity contribution in [1.29, 1.82) is 0 Å². The van der Waals surface area contributed by atoms with Crippen LogP contribution in [0.4, 0.5) is 0 Å². The summed E-state index contributed by atoms with van der Waals surface area (Å²) in [6.45, 7) is 10.9. The number of rotatable bonds is 8. The van der Waals surface area contributed by atoms with Crippen molar-refractivity contribution in [3.05, 3.63) is 49.0 Å². The Bertz CT molecular complexity index is 320. The zero-order valence-corrected chi connectivity index (χ0v) is 9.91. The van der Waals surface area contributed by atoms with Gasteiger partial charge in [-0.05, 0) is 13.1 Å². The molecule has 0 aliphatic rings. The van der Waals surface area contributed by atoms with E-state index >= 15 is 0 Å². The van der Waals surface area contributed by atoms with E-state index in [0.29, 0.717) is 0 Å². The lowest BCUT2D eigenvalue weighted by molar-refractivity contribution is 0.323. The monoisotopic (exact) mass is 220 g/mol. The summed E-state index contributed by atoms with van der Waals surface area (Å²) in [4.78, 5) is 2.25. The molecule has 1 N–H and O–H groups in total. The molecule has 0 aliphatic carbocycles. The highest BCUT2D eigenvalue weighted by Gasteiger charge is 2.09. The van der Waals surface area contributed by atoms with Crippen molar-refractivity contribution in [2.45, 2.75) is 13.1 Å². The van der Waals surface area contributed by atoms with Crippen molar-refractivity contribution in [3.63, 3.8) is 0 Å². The van der Waals surface area contributed by atoms with Crippen molar-refractivity contribution in [1.82, 2.24) is 10.2 Å². The minimum atomic E-state index is 0.762. The minimum absolute atomic E-state index is 0.762. The summed E-state index contributed by atoms with van der Waals surface area (Å²) in [5.41, 5.74) is 1.22. The molecule has 0 atom stereocenters. The van der Waals surface area contributed by atoms with Gasteiger partial charge in [-0.2, -0.15) is 0 Å². The minimum Gasteiger partial charge on any atom is -0.468 e. The first kappa shape index (κ1) is 12.7. The molecule has 0 amide bonds. The van der Waals surface area contributed by atoms with Gasteiger partial charge in [0.1, 0.15) is 5.76 Å². The molecule has 0 fully saturated rings. The van der Waals surface area contributed by atoms with E-state index in [0.717, 1.165) is 31.9 Å². The lowest BCUT2D eigenvalue weighted by atomic mass is 10.2. The number of hydrogen-bond acceptors (Lipinski definition) is 3. The third-order valence-corrected chi connectivity index (χ3v) is 2.34. The molecule has 16 heavy (non-hydrogen) atoms. The third kappa shape index (κ3) is 3.68. The van der Waals surface area contributed by atoms with Crippen LogP contribution >= 0.6 is 0 Å². The highest BCUT2D eigenvalue weighted by Crippen LogP contribution is 2.13. The van der Waals surface area contributed by atoms with Crippen molar-refractivity contribution in [2.75, 3.05) is 20.1 Å². The molecule has 1 aromatic rings. The summed E-state index contributed by atoms with van der Waals surface area (Å²) in [5.74, 6) is 1.00. The van der Waals surface area contributed by atoms with Gasteiger partial charge in [0, 0.05) is 25.2 Å². The molecule has 1 aromatic heterocycles. The van der Waals surface area contributed by atoms with Gasteiger partial charge in [0.2, 0.25) is 0 Å². The maximum absolute atomic E-state index is 5.42. The van der Waals surface area contributed by atoms with Gasteiger partial charge in [-0.3, -0.25) is 4.90 Å². The van der Waals surface area contributed by atoms with E-state index < -0.39 is 0 Å². The maximum Gasteiger partial charge on any atom is 0.122 e. The SMILES string of the molecule is C=CCN(CC=C)Cc1ccoc1CNC. The molecule has 0 saturated carbocycles. The first-order valence-electron chi connectivity index (χ1n) is 5.45. The molecular formula is C13H20N2O. The normalized spacial score (nSPS) is 10.6. The highest BCUT2D eigenvalue weighted by molar-refractivity contribution is 5.17. The van der Waals surface area contributed by atoms with Gasteiger partial charge in [0.05, 0.1) is 12.8 Å². The number of nitrogens with one attached hydrogen (secondary N) is 1. The Kier molecular flexibility index (Phi) is 5.61. The Morgan fingerprint density at radius 1 is 1.38 bits per heavy atom. The quantitative estimate of drug-likeness (QED) is 0.681. The molecular weight excluding hydrogens is 200 g/mol. The summed E-state index contributed by atoms with van der Waals surface area (Å²) >= 11 is 0. The van der Waals surface area contributed by atoms with Gasteiger partial charge >= 0.3 is 0 Å². The van der Waals surface area contributed by atoms with Crippen molar-refractivity contribution >= 4 is 0 Å². The van der Waals surface area contributed by atoms with Crippen molar-refractivity contribution in [3.8, 4) is 0 Å². The molecule has 0 saturated heterocycles. The lowest BCUT2D eigenvalue weighted by Gasteiger charge is -2.18. The Labute approximate surface area is 97.4 Å². The van der Waals surface area contributed by atoms with Crippen LogP contribution in [0.2, 0.25) is 0 Å². The highest BCUT2D eigenvalue weighted by atomic mass is 16.3. The standard InChI is InChI=1S/C13H20N2O/c1-4-7-15(8-5-2)11-12-6-9-16-13(12)10-14-3/h4-6,9,14H,1-2,7-8,10-11H2,3H3. The lowest BCUT2D eigenvalue weighted by Crippen LogP contribution is -2.24. The van der Waals surface area contributed by atoms with Gasteiger partial charge in [0.15, 0.2) is 0 Å². The molecule has 0 bridgehead atoms.